The van der Waals surface area contributed by atoms with Crippen LogP contribution in [0.3, 0.4) is 0 Å². The van der Waals surface area contributed by atoms with Crippen LogP contribution >= 0.6 is 15.9 Å². The molecule has 0 saturated heterocycles. The first-order valence-electron chi connectivity index (χ1n) is 7.15. The maximum atomic E-state index is 4.62. The van der Waals surface area contributed by atoms with Gasteiger partial charge in [0.2, 0.25) is 0 Å². The second-order valence-electron chi connectivity index (χ2n) is 5.32. The molecule has 108 valence electrons. The fourth-order valence-corrected chi connectivity index (χ4v) is 2.71. The summed E-state index contributed by atoms with van der Waals surface area (Å²) in [6.07, 6.45) is 4.66. The molecule has 0 atom stereocenters. The second-order valence-corrected chi connectivity index (χ2v) is 6.11. The van der Waals surface area contributed by atoms with Gasteiger partial charge in [-0.05, 0) is 48.7 Å². The van der Waals surface area contributed by atoms with Gasteiger partial charge in [-0.15, -0.1) is 0 Å². The van der Waals surface area contributed by atoms with E-state index in [9.17, 15) is 0 Å². The third-order valence-electron chi connectivity index (χ3n) is 3.61. The summed E-state index contributed by atoms with van der Waals surface area (Å²) < 4.78 is 5.10. The Morgan fingerprint density at radius 3 is 2.90 bits per heavy atom. The van der Waals surface area contributed by atoms with E-state index in [1.54, 1.807) is 0 Å². The first-order chi connectivity index (χ1) is 9.67. The largest absolute Gasteiger partial charge is 0.308 e. The predicted molar refractivity (Wildman–Crippen MR) is 81.5 cm³/mol. The minimum Gasteiger partial charge on any atom is -0.308 e. The first-order valence-corrected chi connectivity index (χ1v) is 7.94. The Hall–Kier alpha value is -1.14. The van der Waals surface area contributed by atoms with Gasteiger partial charge in [0.05, 0.1) is 28.1 Å². The van der Waals surface area contributed by atoms with Crippen LogP contribution in [0.4, 0.5) is 0 Å². The minimum atomic E-state index is 0.721. The third-order valence-corrected chi connectivity index (χ3v) is 4.64. The summed E-state index contributed by atoms with van der Waals surface area (Å²) in [4.78, 5) is 0. The van der Waals surface area contributed by atoms with Crippen molar-refractivity contribution in [2.45, 2.75) is 52.4 Å². The zero-order valence-electron chi connectivity index (χ0n) is 11.9. The van der Waals surface area contributed by atoms with Crippen molar-refractivity contribution in [1.29, 1.82) is 0 Å². The van der Waals surface area contributed by atoms with E-state index in [1.807, 2.05) is 22.5 Å². The number of nitrogens with one attached hydrogen (secondary N) is 1. The molecule has 0 aliphatic heterocycles. The topological polar surface area (TPSA) is 47.7 Å². The Labute approximate surface area is 127 Å². The summed E-state index contributed by atoms with van der Waals surface area (Å²) in [6.45, 7) is 6.62. The van der Waals surface area contributed by atoms with E-state index in [4.69, 9.17) is 0 Å². The van der Waals surface area contributed by atoms with Gasteiger partial charge in [0, 0.05) is 25.3 Å². The van der Waals surface area contributed by atoms with Crippen LogP contribution in [0.2, 0.25) is 0 Å². The van der Waals surface area contributed by atoms with Crippen molar-refractivity contribution in [2.24, 2.45) is 0 Å². The molecular weight excluding hydrogens is 318 g/mol. The van der Waals surface area contributed by atoms with E-state index >= 15 is 0 Å². The normalized spacial score (nSPS) is 14.9. The van der Waals surface area contributed by atoms with Crippen LogP contribution in [-0.2, 0) is 19.6 Å². The van der Waals surface area contributed by atoms with Crippen molar-refractivity contribution >= 4 is 15.9 Å². The standard InChI is InChI=1S/C14H20BrN5/c1-3-20-13(14(15)10(2)17-20)9-19-7-6-12(18-19)8-16-11-4-5-11/h6-7,11,16H,3-5,8-9H2,1-2H3. The van der Waals surface area contributed by atoms with E-state index in [-0.39, 0.29) is 0 Å². The fourth-order valence-electron chi connectivity index (χ4n) is 2.30. The molecule has 2 aromatic heterocycles. The average molecular weight is 338 g/mol. The van der Waals surface area contributed by atoms with Crippen LogP contribution < -0.4 is 5.32 Å². The van der Waals surface area contributed by atoms with Crippen molar-refractivity contribution in [3.63, 3.8) is 0 Å². The van der Waals surface area contributed by atoms with Gasteiger partial charge >= 0.3 is 0 Å². The Morgan fingerprint density at radius 1 is 1.40 bits per heavy atom. The number of hydrogen-bond acceptors (Lipinski definition) is 3. The maximum absolute atomic E-state index is 4.62. The van der Waals surface area contributed by atoms with Gasteiger partial charge in [-0.3, -0.25) is 9.36 Å². The molecule has 2 aromatic rings. The number of hydrogen-bond donors (Lipinski definition) is 1. The van der Waals surface area contributed by atoms with Crippen molar-refractivity contribution < 1.29 is 0 Å². The Kier molecular flexibility index (Phi) is 3.94. The summed E-state index contributed by atoms with van der Waals surface area (Å²) in [5, 5.41) is 12.6. The number of nitrogens with zero attached hydrogens (tertiary/aromatic N) is 4. The lowest BCUT2D eigenvalue weighted by Gasteiger charge is -2.06. The lowest BCUT2D eigenvalue weighted by molar-refractivity contribution is 0.566. The highest BCUT2D eigenvalue weighted by molar-refractivity contribution is 9.10. The summed E-state index contributed by atoms with van der Waals surface area (Å²) in [5.41, 5.74) is 3.31. The molecule has 1 aliphatic rings. The van der Waals surface area contributed by atoms with Gasteiger partial charge in [-0.25, -0.2) is 0 Å². The first kappa shape index (κ1) is 13.8. The zero-order chi connectivity index (χ0) is 14.1. The van der Waals surface area contributed by atoms with E-state index in [2.05, 4.69) is 44.4 Å². The molecule has 2 heterocycles. The average Bonchev–Trinajstić information content (AvgIpc) is 3.11. The smallest absolute Gasteiger partial charge is 0.0839 e. The van der Waals surface area contributed by atoms with Crippen molar-refractivity contribution in [2.75, 3.05) is 0 Å². The lowest BCUT2D eigenvalue weighted by Crippen LogP contribution is -2.16. The van der Waals surface area contributed by atoms with Crippen LogP contribution in [0, 0.1) is 6.92 Å². The minimum absolute atomic E-state index is 0.721. The molecule has 0 unspecified atom stereocenters. The number of halogens is 1. The quantitative estimate of drug-likeness (QED) is 0.880. The molecule has 0 amide bonds. The van der Waals surface area contributed by atoms with Crippen molar-refractivity contribution in [1.82, 2.24) is 24.9 Å². The predicted octanol–water partition coefficient (Wildman–Crippen LogP) is 2.47. The monoisotopic (exact) mass is 337 g/mol. The molecule has 20 heavy (non-hydrogen) atoms. The molecule has 1 fully saturated rings. The highest BCUT2D eigenvalue weighted by Gasteiger charge is 2.20. The third kappa shape index (κ3) is 2.96. The molecule has 0 bridgehead atoms. The molecule has 3 rings (SSSR count). The van der Waals surface area contributed by atoms with E-state index in [0.717, 1.165) is 41.5 Å². The van der Waals surface area contributed by atoms with E-state index in [0.29, 0.717) is 0 Å². The van der Waals surface area contributed by atoms with Gasteiger partial charge in [0.25, 0.3) is 0 Å². The van der Waals surface area contributed by atoms with Crippen LogP contribution in [0.1, 0.15) is 36.8 Å². The Balaban J connectivity index is 1.70. The van der Waals surface area contributed by atoms with Gasteiger partial charge in [0.15, 0.2) is 0 Å². The Morgan fingerprint density at radius 2 is 2.20 bits per heavy atom. The molecule has 0 aromatic carbocycles. The number of rotatable bonds is 6. The molecule has 0 radical (unpaired) electrons. The Bertz CT molecular complexity index is 597. The fraction of sp³-hybridized carbons (Fsp3) is 0.571. The van der Waals surface area contributed by atoms with E-state index in [1.165, 1.54) is 18.5 Å². The summed E-state index contributed by atoms with van der Waals surface area (Å²) >= 11 is 3.63. The highest BCUT2D eigenvalue weighted by atomic mass is 79.9. The highest BCUT2D eigenvalue weighted by Crippen LogP contribution is 2.22. The van der Waals surface area contributed by atoms with Crippen molar-refractivity contribution in [3.05, 3.63) is 33.8 Å². The summed E-state index contributed by atoms with van der Waals surface area (Å²) in [6, 6.07) is 2.81. The SMILES string of the molecule is CCn1nc(C)c(Br)c1Cn1ccc(CNC2CC2)n1. The van der Waals surface area contributed by atoms with Crippen molar-refractivity contribution in [3.8, 4) is 0 Å². The van der Waals surface area contributed by atoms with Gasteiger partial charge in [-0.1, -0.05) is 0 Å². The molecule has 1 aliphatic carbocycles. The molecular formula is C14H20BrN5. The lowest BCUT2D eigenvalue weighted by atomic mass is 10.3. The van der Waals surface area contributed by atoms with Crippen LogP contribution in [0.25, 0.3) is 0 Å². The molecule has 5 nitrogen and oxygen atoms in total. The molecule has 0 spiro atoms. The second kappa shape index (κ2) is 5.69. The van der Waals surface area contributed by atoms with Crippen LogP contribution in [0.5, 0.6) is 0 Å². The van der Waals surface area contributed by atoms with Crippen LogP contribution in [-0.4, -0.2) is 25.6 Å². The summed E-state index contributed by atoms with van der Waals surface area (Å²) in [5.74, 6) is 0. The molecule has 1 saturated carbocycles. The van der Waals surface area contributed by atoms with Gasteiger partial charge in [0.1, 0.15) is 0 Å². The number of aromatic nitrogens is 4. The zero-order valence-corrected chi connectivity index (χ0v) is 13.5. The van der Waals surface area contributed by atoms with Gasteiger partial charge < -0.3 is 5.32 Å². The number of aryl methyl sites for hydroxylation is 2. The van der Waals surface area contributed by atoms with Gasteiger partial charge in [-0.2, -0.15) is 10.2 Å². The molecule has 6 heteroatoms. The maximum Gasteiger partial charge on any atom is 0.0839 e. The molecule has 1 N–H and O–H groups in total. The van der Waals surface area contributed by atoms with E-state index < -0.39 is 0 Å². The van der Waals surface area contributed by atoms with Crippen LogP contribution in [0.15, 0.2) is 16.7 Å². The summed E-state index contributed by atoms with van der Waals surface area (Å²) in [7, 11) is 0.